The van der Waals surface area contributed by atoms with Gasteiger partial charge in [0.1, 0.15) is 0 Å². The summed E-state index contributed by atoms with van der Waals surface area (Å²) in [6.45, 7) is 1.79. The highest BCUT2D eigenvalue weighted by atomic mass is 32.2. The van der Waals surface area contributed by atoms with E-state index in [0.717, 1.165) is 12.2 Å². The fourth-order valence-corrected chi connectivity index (χ4v) is 4.18. The lowest BCUT2D eigenvalue weighted by Crippen LogP contribution is -2.22. The number of rotatable bonds is 8. The molecule has 0 aliphatic carbocycles. The smallest absolute Gasteiger partial charge is 0.266 e. The summed E-state index contributed by atoms with van der Waals surface area (Å²) in [7, 11) is 3.14. The molecule has 0 aliphatic heterocycles. The van der Waals surface area contributed by atoms with Crippen LogP contribution < -0.4 is 15.0 Å². The summed E-state index contributed by atoms with van der Waals surface area (Å²) in [5.74, 6) is 3.11. The van der Waals surface area contributed by atoms with E-state index in [1.165, 1.54) is 11.8 Å². The minimum absolute atomic E-state index is 0.132. The van der Waals surface area contributed by atoms with E-state index in [0.29, 0.717) is 51.4 Å². The van der Waals surface area contributed by atoms with Gasteiger partial charge in [0.2, 0.25) is 5.89 Å². The predicted octanol–water partition coefficient (Wildman–Crippen LogP) is 3.82. The topological polar surface area (TPSA) is 92.3 Å². The zero-order valence-corrected chi connectivity index (χ0v) is 18.3. The lowest BCUT2D eigenvalue weighted by atomic mass is 10.2. The number of aromatic nitrogens is 4. The lowest BCUT2D eigenvalue weighted by Gasteiger charge is -2.15. The second-order valence-electron chi connectivity index (χ2n) is 6.78. The molecule has 8 nitrogen and oxygen atoms in total. The highest BCUT2D eigenvalue weighted by molar-refractivity contribution is 7.99. The van der Waals surface area contributed by atoms with Crippen LogP contribution in [0.2, 0.25) is 0 Å². The van der Waals surface area contributed by atoms with Crippen molar-refractivity contribution in [2.45, 2.75) is 24.9 Å². The monoisotopic (exact) mass is 438 g/mol. The largest absolute Gasteiger partial charge is 0.493 e. The molecule has 0 bridgehead atoms. The molecule has 160 valence electrons. The molecule has 2 aromatic carbocycles. The summed E-state index contributed by atoms with van der Waals surface area (Å²) in [5, 5.41) is 4.98. The first-order chi connectivity index (χ1) is 15.1. The molecule has 0 fully saturated rings. The molecule has 0 atom stereocenters. The molecule has 0 aliphatic rings. The van der Waals surface area contributed by atoms with Crippen LogP contribution in [0.25, 0.3) is 16.6 Å². The van der Waals surface area contributed by atoms with Gasteiger partial charge in [-0.3, -0.25) is 9.36 Å². The molecule has 0 amide bonds. The van der Waals surface area contributed by atoms with Gasteiger partial charge in [-0.25, -0.2) is 4.98 Å². The van der Waals surface area contributed by atoms with Crippen molar-refractivity contribution in [1.29, 1.82) is 0 Å². The molecule has 2 heterocycles. The lowest BCUT2D eigenvalue weighted by molar-refractivity contribution is 0.354. The molecular formula is C22H22N4O4S. The van der Waals surface area contributed by atoms with Gasteiger partial charge >= 0.3 is 0 Å². The number of thioether (sulfide) groups is 1. The third-order valence-electron chi connectivity index (χ3n) is 4.71. The normalized spacial score (nSPS) is 11.1. The van der Waals surface area contributed by atoms with Crippen LogP contribution in [0.4, 0.5) is 0 Å². The van der Waals surface area contributed by atoms with Gasteiger partial charge in [0, 0.05) is 18.2 Å². The standard InChI is InChI=1S/C22H22N4O4S/c1-14-23-20(30-25-14)9-6-12-31-22-24-17-8-5-4-7-16(17)21(27)26(22)15-10-11-18(28-2)19(13-15)29-3/h4-5,7-8,10-11,13H,6,9,12H2,1-3H3. The Morgan fingerprint density at radius 3 is 2.61 bits per heavy atom. The summed E-state index contributed by atoms with van der Waals surface area (Å²) in [4.78, 5) is 22.4. The SMILES string of the molecule is COc1ccc(-n2c(SCCCc3nc(C)no3)nc3ccccc3c2=O)cc1OC. The Morgan fingerprint density at radius 2 is 1.87 bits per heavy atom. The number of aryl methyl sites for hydroxylation is 2. The highest BCUT2D eigenvalue weighted by Gasteiger charge is 2.15. The Bertz CT molecular complexity index is 1270. The molecule has 4 aromatic rings. The van der Waals surface area contributed by atoms with Crippen molar-refractivity contribution in [2.24, 2.45) is 0 Å². The fourth-order valence-electron chi connectivity index (χ4n) is 3.23. The first-order valence-electron chi connectivity index (χ1n) is 9.77. The minimum atomic E-state index is -0.132. The van der Waals surface area contributed by atoms with Crippen LogP contribution in [-0.2, 0) is 6.42 Å². The number of benzene rings is 2. The van der Waals surface area contributed by atoms with Gasteiger partial charge in [-0.05, 0) is 37.6 Å². The number of hydrogen-bond donors (Lipinski definition) is 0. The number of ether oxygens (including phenoxy) is 2. The molecule has 0 radical (unpaired) electrons. The number of methoxy groups -OCH3 is 2. The van der Waals surface area contributed by atoms with Crippen molar-refractivity contribution < 1.29 is 14.0 Å². The number of nitrogens with zero attached hydrogens (tertiary/aromatic N) is 4. The van der Waals surface area contributed by atoms with E-state index >= 15 is 0 Å². The number of fused-ring (bicyclic) bond motifs is 1. The van der Waals surface area contributed by atoms with E-state index in [-0.39, 0.29) is 5.56 Å². The molecule has 0 saturated heterocycles. The van der Waals surface area contributed by atoms with Crippen LogP contribution in [0.3, 0.4) is 0 Å². The second kappa shape index (κ2) is 9.22. The van der Waals surface area contributed by atoms with Crippen LogP contribution in [0.15, 0.2) is 56.9 Å². The Labute approximate surface area is 183 Å². The molecule has 0 saturated carbocycles. The zero-order valence-electron chi connectivity index (χ0n) is 17.5. The van der Waals surface area contributed by atoms with Gasteiger partial charge in [-0.2, -0.15) is 4.98 Å². The Hall–Kier alpha value is -3.33. The Morgan fingerprint density at radius 1 is 1.06 bits per heavy atom. The maximum absolute atomic E-state index is 13.4. The van der Waals surface area contributed by atoms with Gasteiger partial charge in [-0.15, -0.1) is 0 Å². The van der Waals surface area contributed by atoms with E-state index < -0.39 is 0 Å². The van der Waals surface area contributed by atoms with Crippen molar-refractivity contribution in [3.63, 3.8) is 0 Å². The van der Waals surface area contributed by atoms with Crippen molar-refractivity contribution in [1.82, 2.24) is 19.7 Å². The number of hydrogen-bond acceptors (Lipinski definition) is 8. The first-order valence-corrected chi connectivity index (χ1v) is 10.8. The van der Waals surface area contributed by atoms with E-state index in [1.54, 1.807) is 43.9 Å². The fraction of sp³-hybridized carbons (Fsp3) is 0.273. The van der Waals surface area contributed by atoms with Gasteiger partial charge < -0.3 is 14.0 Å². The van der Waals surface area contributed by atoms with Crippen LogP contribution in [0.5, 0.6) is 11.5 Å². The summed E-state index contributed by atoms with van der Waals surface area (Å²) in [5.41, 5.74) is 1.20. The second-order valence-corrected chi connectivity index (χ2v) is 7.84. The molecule has 0 unspecified atom stereocenters. The van der Waals surface area contributed by atoms with Crippen LogP contribution >= 0.6 is 11.8 Å². The Kier molecular flexibility index (Phi) is 6.22. The molecule has 31 heavy (non-hydrogen) atoms. The quantitative estimate of drug-likeness (QED) is 0.233. The average Bonchev–Trinajstić information content (AvgIpc) is 3.21. The maximum Gasteiger partial charge on any atom is 0.266 e. The zero-order chi connectivity index (χ0) is 21.8. The number of para-hydroxylation sites is 1. The van der Waals surface area contributed by atoms with Crippen molar-refractivity contribution in [3.8, 4) is 17.2 Å². The summed E-state index contributed by atoms with van der Waals surface area (Å²) < 4.78 is 17.5. The summed E-state index contributed by atoms with van der Waals surface area (Å²) in [6.07, 6.45) is 1.48. The van der Waals surface area contributed by atoms with E-state index in [1.807, 2.05) is 24.3 Å². The van der Waals surface area contributed by atoms with E-state index in [2.05, 4.69) is 10.1 Å². The van der Waals surface area contributed by atoms with Gasteiger partial charge in [0.25, 0.3) is 5.56 Å². The first kappa shape index (κ1) is 20.9. The average molecular weight is 439 g/mol. The molecular weight excluding hydrogens is 416 g/mol. The van der Waals surface area contributed by atoms with Crippen LogP contribution in [-0.4, -0.2) is 39.7 Å². The maximum atomic E-state index is 13.4. The Balaban J connectivity index is 1.69. The molecule has 9 heteroatoms. The van der Waals surface area contributed by atoms with E-state index in [9.17, 15) is 4.79 Å². The van der Waals surface area contributed by atoms with Crippen LogP contribution in [0.1, 0.15) is 18.1 Å². The highest BCUT2D eigenvalue weighted by Crippen LogP contribution is 2.30. The van der Waals surface area contributed by atoms with Gasteiger partial charge in [0.15, 0.2) is 22.5 Å². The van der Waals surface area contributed by atoms with Crippen molar-refractivity contribution in [3.05, 3.63) is 64.5 Å². The van der Waals surface area contributed by atoms with Crippen molar-refractivity contribution in [2.75, 3.05) is 20.0 Å². The summed E-state index contributed by atoms with van der Waals surface area (Å²) >= 11 is 1.51. The third kappa shape index (κ3) is 4.41. The summed E-state index contributed by atoms with van der Waals surface area (Å²) in [6, 6.07) is 12.7. The molecule has 0 spiro atoms. The van der Waals surface area contributed by atoms with Gasteiger partial charge in [0.05, 0.1) is 30.8 Å². The minimum Gasteiger partial charge on any atom is -0.493 e. The van der Waals surface area contributed by atoms with Gasteiger partial charge in [-0.1, -0.05) is 29.1 Å². The van der Waals surface area contributed by atoms with Crippen LogP contribution in [0, 0.1) is 6.92 Å². The predicted molar refractivity (Wildman–Crippen MR) is 119 cm³/mol. The molecule has 4 rings (SSSR count). The third-order valence-corrected chi connectivity index (χ3v) is 5.73. The molecule has 0 N–H and O–H groups in total. The van der Waals surface area contributed by atoms with Crippen molar-refractivity contribution >= 4 is 22.7 Å². The molecule has 2 aromatic heterocycles. The van der Waals surface area contributed by atoms with E-state index in [4.69, 9.17) is 19.0 Å².